The van der Waals surface area contributed by atoms with E-state index in [1.54, 1.807) is 0 Å². The monoisotopic (exact) mass is 256 g/mol. The van der Waals surface area contributed by atoms with Gasteiger partial charge in [0.25, 0.3) is 0 Å². The molecule has 0 aliphatic carbocycles. The van der Waals surface area contributed by atoms with E-state index in [1.807, 2.05) is 0 Å². The fourth-order valence-electron chi connectivity index (χ4n) is 0.696. The highest BCUT2D eigenvalue weighted by atomic mass is 79.9. The lowest BCUT2D eigenvalue weighted by atomic mass is 10.3. The summed E-state index contributed by atoms with van der Waals surface area (Å²) < 4.78 is 30.4. The molecular weight excluding hydrogens is 253 g/mol. The number of benzene rings is 1. The molecule has 66 valence electrons. The Balaban J connectivity index is 3.09. The molecule has 0 saturated heterocycles. The molecule has 0 amide bonds. The zero-order valence-electron chi connectivity index (χ0n) is 5.78. The maximum atomic E-state index is 12.8. The summed E-state index contributed by atoms with van der Waals surface area (Å²) in [4.78, 5) is 0. The predicted octanol–water partition coefficient (Wildman–Crippen LogP) is 3.30. The van der Waals surface area contributed by atoms with Crippen LogP contribution in [0.1, 0.15) is 0 Å². The van der Waals surface area contributed by atoms with Gasteiger partial charge in [-0.05, 0) is 12.1 Å². The molecule has 0 heterocycles. The maximum absolute atomic E-state index is 12.8. The SMILES string of the molecule is Fc1cc(Br)cc(OCCl)c1F. The average molecular weight is 257 g/mol. The first-order chi connectivity index (χ1) is 5.65. The van der Waals surface area contributed by atoms with Crippen LogP contribution in [0.4, 0.5) is 8.78 Å². The van der Waals surface area contributed by atoms with Crippen LogP contribution in [0.15, 0.2) is 16.6 Å². The quantitative estimate of drug-likeness (QED) is 0.583. The fourth-order valence-corrected chi connectivity index (χ4v) is 1.22. The molecule has 1 nitrogen and oxygen atoms in total. The largest absolute Gasteiger partial charge is 0.475 e. The molecular formula is C7H4BrClF2O. The third-order valence-corrected chi connectivity index (χ3v) is 1.74. The Morgan fingerprint density at radius 2 is 2.08 bits per heavy atom. The van der Waals surface area contributed by atoms with Gasteiger partial charge in [0.2, 0.25) is 5.82 Å². The van der Waals surface area contributed by atoms with Crippen molar-refractivity contribution in [3.63, 3.8) is 0 Å². The number of alkyl halides is 1. The Labute approximate surface area is 81.4 Å². The van der Waals surface area contributed by atoms with E-state index in [2.05, 4.69) is 20.7 Å². The lowest BCUT2D eigenvalue weighted by molar-refractivity contribution is 0.351. The first-order valence-corrected chi connectivity index (χ1v) is 4.31. The molecule has 0 atom stereocenters. The minimum atomic E-state index is -1.03. The van der Waals surface area contributed by atoms with E-state index in [-0.39, 0.29) is 11.8 Å². The molecule has 0 unspecified atom stereocenters. The molecule has 0 radical (unpaired) electrons. The predicted molar refractivity (Wildman–Crippen MR) is 45.4 cm³/mol. The second kappa shape index (κ2) is 4.05. The molecule has 0 aliphatic rings. The topological polar surface area (TPSA) is 9.23 Å². The van der Waals surface area contributed by atoms with Crippen molar-refractivity contribution < 1.29 is 13.5 Å². The van der Waals surface area contributed by atoms with Crippen molar-refractivity contribution in [1.29, 1.82) is 0 Å². The van der Waals surface area contributed by atoms with Gasteiger partial charge in [-0.15, -0.1) is 0 Å². The fraction of sp³-hybridized carbons (Fsp3) is 0.143. The van der Waals surface area contributed by atoms with Crippen LogP contribution in [0.5, 0.6) is 5.75 Å². The van der Waals surface area contributed by atoms with Crippen molar-refractivity contribution in [2.24, 2.45) is 0 Å². The molecule has 0 bridgehead atoms. The molecule has 0 saturated carbocycles. The van der Waals surface area contributed by atoms with E-state index < -0.39 is 11.6 Å². The van der Waals surface area contributed by atoms with Crippen molar-refractivity contribution in [3.05, 3.63) is 28.2 Å². The van der Waals surface area contributed by atoms with Crippen molar-refractivity contribution in [2.45, 2.75) is 0 Å². The van der Waals surface area contributed by atoms with Crippen LogP contribution < -0.4 is 4.74 Å². The molecule has 1 rings (SSSR count). The minimum Gasteiger partial charge on any atom is -0.475 e. The molecule has 12 heavy (non-hydrogen) atoms. The van der Waals surface area contributed by atoms with Crippen LogP contribution in [0, 0.1) is 11.6 Å². The van der Waals surface area contributed by atoms with Crippen LogP contribution in [-0.2, 0) is 0 Å². The number of hydrogen-bond acceptors (Lipinski definition) is 1. The third kappa shape index (κ3) is 2.08. The Hall–Kier alpha value is -0.350. The number of ether oxygens (including phenoxy) is 1. The summed E-state index contributed by atoms with van der Waals surface area (Å²) in [6, 6.07) is 2.10. The summed E-state index contributed by atoms with van der Waals surface area (Å²) in [5, 5.41) is 0. The van der Waals surface area contributed by atoms with Crippen molar-refractivity contribution in [1.82, 2.24) is 0 Å². The van der Waals surface area contributed by atoms with Crippen LogP contribution >= 0.6 is 27.5 Å². The number of rotatable bonds is 2. The van der Waals surface area contributed by atoms with Crippen molar-refractivity contribution in [3.8, 4) is 5.75 Å². The zero-order chi connectivity index (χ0) is 9.14. The van der Waals surface area contributed by atoms with Gasteiger partial charge in [-0.25, -0.2) is 4.39 Å². The van der Waals surface area contributed by atoms with Crippen molar-refractivity contribution in [2.75, 3.05) is 6.07 Å². The summed E-state index contributed by atoms with van der Waals surface area (Å²) in [6.45, 7) is 0. The second-order valence-corrected chi connectivity index (χ2v) is 3.09. The van der Waals surface area contributed by atoms with Gasteiger partial charge in [0.05, 0.1) is 0 Å². The Kier molecular flexibility index (Phi) is 3.29. The summed E-state index contributed by atoms with van der Waals surface area (Å²) in [5.74, 6) is -2.19. The minimum absolute atomic E-state index is 0.197. The molecule has 5 heteroatoms. The summed E-state index contributed by atoms with van der Waals surface area (Å²) in [5.41, 5.74) is 0. The highest BCUT2D eigenvalue weighted by Crippen LogP contribution is 2.25. The lowest BCUT2D eigenvalue weighted by Crippen LogP contribution is -1.95. The lowest BCUT2D eigenvalue weighted by Gasteiger charge is -2.04. The van der Waals surface area contributed by atoms with E-state index in [4.69, 9.17) is 11.6 Å². The van der Waals surface area contributed by atoms with E-state index >= 15 is 0 Å². The van der Waals surface area contributed by atoms with Crippen molar-refractivity contribution >= 4 is 27.5 Å². The highest BCUT2D eigenvalue weighted by Gasteiger charge is 2.10. The number of hydrogen-bond donors (Lipinski definition) is 0. The zero-order valence-corrected chi connectivity index (χ0v) is 8.12. The van der Waals surface area contributed by atoms with Gasteiger partial charge in [0, 0.05) is 4.47 Å². The van der Waals surface area contributed by atoms with E-state index in [0.717, 1.165) is 6.07 Å². The Bertz CT molecular complexity index is 293. The number of halogens is 4. The molecule has 1 aromatic carbocycles. The van der Waals surface area contributed by atoms with Gasteiger partial charge in [-0.1, -0.05) is 27.5 Å². The molecule has 0 spiro atoms. The van der Waals surface area contributed by atoms with Crippen LogP contribution in [0.2, 0.25) is 0 Å². The van der Waals surface area contributed by atoms with Gasteiger partial charge in [0.1, 0.15) is 0 Å². The van der Waals surface area contributed by atoms with E-state index in [9.17, 15) is 8.78 Å². The second-order valence-electron chi connectivity index (χ2n) is 1.95. The first kappa shape index (κ1) is 9.74. The van der Waals surface area contributed by atoms with Crippen LogP contribution in [0.25, 0.3) is 0 Å². The maximum Gasteiger partial charge on any atom is 0.200 e. The highest BCUT2D eigenvalue weighted by molar-refractivity contribution is 9.10. The Morgan fingerprint density at radius 3 is 2.67 bits per heavy atom. The van der Waals surface area contributed by atoms with Crippen LogP contribution in [-0.4, -0.2) is 6.07 Å². The average Bonchev–Trinajstić information content (AvgIpc) is 2.00. The molecule has 0 aromatic heterocycles. The van der Waals surface area contributed by atoms with Gasteiger partial charge < -0.3 is 4.74 Å². The first-order valence-electron chi connectivity index (χ1n) is 2.98. The van der Waals surface area contributed by atoms with Gasteiger partial charge in [0.15, 0.2) is 17.6 Å². The van der Waals surface area contributed by atoms with Crippen LogP contribution in [0.3, 0.4) is 0 Å². The third-order valence-electron chi connectivity index (χ3n) is 1.17. The van der Waals surface area contributed by atoms with E-state index in [0.29, 0.717) is 4.47 Å². The molecule has 0 aliphatic heterocycles. The molecule has 0 fully saturated rings. The smallest absolute Gasteiger partial charge is 0.200 e. The van der Waals surface area contributed by atoms with E-state index in [1.165, 1.54) is 6.07 Å². The summed E-state index contributed by atoms with van der Waals surface area (Å²) in [6.07, 6.45) is 0. The van der Waals surface area contributed by atoms with Gasteiger partial charge >= 0.3 is 0 Å². The summed E-state index contributed by atoms with van der Waals surface area (Å²) in [7, 11) is 0. The molecule has 1 aromatic rings. The normalized spacial score (nSPS) is 10.0. The Morgan fingerprint density at radius 1 is 1.42 bits per heavy atom. The van der Waals surface area contributed by atoms with Gasteiger partial charge in [-0.3, -0.25) is 0 Å². The van der Waals surface area contributed by atoms with Gasteiger partial charge in [-0.2, -0.15) is 4.39 Å². The standard InChI is InChI=1S/C7H4BrClF2O/c8-4-1-5(10)7(11)6(2-4)12-3-9/h1-2H,3H2. The summed E-state index contributed by atoms with van der Waals surface area (Å²) >= 11 is 8.17. The molecule has 0 N–H and O–H groups in total.